The smallest absolute Gasteiger partial charge is 0.407 e. The molecule has 2 fully saturated rings. The van der Waals surface area contributed by atoms with Crippen LogP contribution in [-0.4, -0.2) is 93.1 Å². The number of hydrogen-bond acceptors (Lipinski definition) is 8. The van der Waals surface area contributed by atoms with Crippen molar-refractivity contribution in [2.45, 2.75) is 77.5 Å². The van der Waals surface area contributed by atoms with Crippen LogP contribution in [-0.2, 0) is 19.1 Å². The molecular formula is C46H52N8O6. The Bertz CT molecular complexity index is 2420. The van der Waals surface area contributed by atoms with E-state index >= 15 is 0 Å². The Hall–Kier alpha value is -6.44. The van der Waals surface area contributed by atoms with Crippen molar-refractivity contribution in [1.29, 1.82) is 0 Å². The Labute approximate surface area is 348 Å². The first kappa shape index (κ1) is 40.3. The van der Waals surface area contributed by atoms with E-state index in [9.17, 15) is 19.2 Å². The second-order valence-electron chi connectivity index (χ2n) is 16.5. The maximum atomic E-state index is 13.7. The number of alkyl carbamates (subject to hydrolysis) is 2. The first-order chi connectivity index (χ1) is 28.9. The lowest BCUT2D eigenvalue weighted by Gasteiger charge is -2.29. The van der Waals surface area contributed by atoms with E-state index in [1.54, 1.807) is 0 Å². The van der Waals surface area contributed by atoms with Crippen molar-refractivity contribution >= 4 is 56.8 Å². The standard InChI is InChI=1S/C46H52N8O6/c1-25(2)39(51-45(57)59-5)43(55)53-21-9-15-37(53)41-47-33-19-17-27(23-35(33)49-41)29-11-7-14-32-30(12-8-13-31(29)32)28-18-20-34-36(24-28)50-42(48-34)38-16-10-22-54(38)44(56)40(26(3)4)52-46(58)60-6/h7-8,11-14,17-20,23-26,37-40H,9-10,15-16,21-22H2,1-6H3,(H,47,49)(H,48,50)(H,51,57)(H,52,58). The molecule has 4 amide bonds. The van der Waals surface area contributed by atoms with Crippen LogP contribution in [0.2, 0.25) is 0 Å². The summed E-state index contributed by atoms with van der Waals surface area (Å²) in [6, 6.07) is 23.3. The zero-order chi connectivity index (χ0) is 42.2. The van der Waals surface area contributed by atoms with E-state index in [1.807, 2.05) is 49.6 Å². The van der Waals surface area contributed by atoms with Crippen LogP contribution in [0.25, 0.3) is 55.1 Å². The summed E-state index contributed by atoms with van der Waals surface area (Å²) in [5, 5.41) is 7.64. The van der Waals surface area contributed by atoms with Crippen LogP contribution in [0, 0.1) is 11.8 Å². The van der Waals surface area contributed by atoms with Gasteiger partial charge in [0.25, 0.3) is 0 Å². The van der Waals surface area contributed by atoms with Gasteiger partial charge in [-0.25, -0.2) is 19.6 Å². The highest BCUT2D eigenvalue weighted by molar-refractivity contribution is 6.05. The molecule has 312 valence electrons. The predicted molar refractivity (Wildman–Crippen MR) is 230 cm³/mol. The summed E-state index contributed by atoms with van der Waals surface area (Å²) in [4.78, 5) is 72.2. The fourth-order valence-electron chi connectivity index (χ4n) is 8.91. The fourth-order valence-corrected chi connectivity index (χ4v) is 8.91. The Kier molecular flexibility index (Phi) is 11.2. The Balaban J connectivity index is 1.06. The van der Waals surface area contributed by atoms with E-state index in [0.29, 0.717) is 13.1 Å². The van der Waals surface area contributed by atoms with Crippen molar-refractivity contribution in [2.75, 3.05) is 27.3 Å². The van der Waals surface area contributed by atoms with Gasteiger partial charge in [0.05, 0.1) is 48.4 Å². The average Bonchev–Trinajstić information content (AvgIpc) is 4.08. The van der Waals surface area contributed by atoms with Crippen molar-refractivity contribution in [1.82, 2.24) is 40.4 Å². The van der Waals surface area contributed by atoms with E-state index in [1.165, 1.54) is 14.2 Å². The molecule has 4 aromatic carbocycles. The van der Waals surface area contributed by atoms with Crippen LogP contribution >= 0.6 is 0 Å². The summed E-state index contributed by atoms with van der Waals surface area (Å²) in [5.74, 6) is 0.941. The normalized spacial score (nSPS) is 17.8. The molecule has 2 aromatic heterocycles. The highest BCUT2D eigenvalue weighted by atomic mass is 16.5. The summed E-state index contributed by atoms with van der Waals surface area (Å²) >= 11 is 0. The van der Waals surface area contributed by atoms with Gasteiger partial charge in [0, 0.05) is 13.1 Å². The maximum Gasteiger partial charge on any atom is 0.407 e. The Morgan fingerprint density at radius 2 is 1.05 bits per heavy atom. The lowest BCUT2D eigenvalue weighted by molar-refractivity contribution is -0.136. The molecule has 0 aliphatic carbocycles. The van der Waals surface area contributed by atoms with E-state index < -0.39 is 24.3 Å². The molecule has 2 aliphatic rings. The van der Waals surface area contributed by atoms with Gasteiger partial charge in [-0.1, -0.05) is 76.2 Å². The second-order valence-corrected chi connectivity index (χ2v) is 16.5. The number of imidazole rings is 2. The van der Waals surface area contributed by atoms with Crippen molar-refractivity contribution < 1.29 is 28.7 Å². The van der Waals surface area contributed by atoms with E-state index in [0.717, 1.165) is 92.4 Å². The zero-order valence-corrected chi connectivity index (χ0v) is 34.9. The molecule has 4 heterocycles. The zero-order valence-electron chi connectivity index (χ0n) is 34.9. The van der Waals surface area contributed by atoms with Crippen LogP contribution in [0.15, 0.2) is 72.8 Å². The number of carbonyl (C=O) groups is 4. The number of methoxy groups -OCH3 is 2. The third-order valence-electron chi connectivity index (χ3n) is 12.0. The number of aromatic amines is 2. The lowest BCUT2D eigenvalue weighted by Crippen LogP contribution is -2.51. The number of rotatable bonds is 10. The molecule has 8 rings (SSSR count). The number of likely N-dealkylation sites (tertiary alicyclic amines) is 2. The molecule has 4 unspecified atom stereocenters. The van der Waals surface area contributed by atoms with Crippen LogP contribution in [0.4, 0.5) is 9.59 Å². The van der Waals surface area contributed by atoms with Crippen LogP contribution in [0.3, 0.4) is 0 Å². The van der Waals surface area contributed by atoms with Gasteiger partial charge >= 0.3 is 12.2 Å². The van der Waals surface area contributed by atoms with Gasteiger partial charge in [0.2, 0.25) is 11.8 Å². The monoisotopic (exact) mass is 812 g/mol. The van der Waals surface area contributed by atoms with Gasteiger partial charge < -0.3 is 39.9 Å². The number of nitrogens with zero attached hydrogens (tertiary/aromatic N) is 4. The van der Waals surface area contributed by atoms with Gasteiger partial charge in [-0.05, 0) is 94.8 Å². The topological polar surface area (TPSA) is 175 Å². The quantitative estimate of drug-likeness (QED) is 0.108. The van der Waals surface area contributed by atoms with Gasteiger partial charge in [0.15, 0.2) is 0 Å². The Morgan fingerprint density at radius 1 is 0.633 bits per heavy atom. The summed E-state index contributed by atoms with van der Waals surface area (Å²) < 4.78 is 9.59. The number of aromatic nitrogens is 4. The van der Waals surface area contributed by atoms with Gasteiger partial charge in [-0.2, -0.15) is 0 Å². The molecule has 60 heavy (non-hydrogen) atoms. The van der Waals surface area contributed by atoms with Gasteiger partial charge in [0.1, 0.15) is 23.7 Å². The molecule has 0 radical (unpaired) electrons. The SMILES string of the molecule is COC(=O)NC(C(=O)N1CCCC1c1nc2ccc(-c3cccc4c(-c5ccc6nc(C7CCCN7C(=O)C(NC(=O)OC)C(C)C)[nH]c6c5)cccc34)cc2[nH]1)C(C)C. The molecule has 6 aromatic rings. The molecule has 4 atom stereocenters. The molecule has 4 N–H and O–H groups in total. The molecule has 2 saturated heterocycles. The lowest BCUT2D eigenvalue weighted by atomic mass is 9.93. The molecule has 2 aliphatic heterocycles. The van der Waals surface area contributed by atoms with Crippen LogP contribution in [0.5, 0.6) is 0 Å². The number of hydrogen-bond donors (Lipinski definition) is 4. The fraction of sp³-hybridized carbons (Fsp3) is 0.391. The largest absolute Gasteiger partial charge is 0.453 e. The number of ether oxygens (including phenoxy) is 2. The number of benzene rings is 4. The summed E-state index contributed by atoms with van der Waals surface area (Å²) in [7, 11) is 2.59. The number of fused-ring (bicyclic) bond motifs is 3. The molecule has 14 nitrogen and oxygen atoms in total. The first-order valence-corrected chi connectivity index (χ1v) is 20.8. The summed E-state index contributed by atoms with van der Waals surface area (Å²) in [6.45, 7) is 8.80. The van der Waals surface area contributed by atoms with E-state index in [4.69, 9.17) is 19.4 Å². The molecule has 0 bridgehead atoms. The number of carbonyl (C=O) groups excluding carboxylic acids is 4. The molecule has 14 heteroatoms. The minimum absolute atomic E-state index is 0.118. The van der Waals surface area contributed by atoms with Crippen LogP contribution < -0.4 is 10.6 Å². The molecule has 0 saturated carbocycles. The highest BCUT2D eigenvalue weighted by Gasteiger charge is 2.39. The highest BCUT2D eigenvalue weighted by Crippen LogP contribution is 2.39. The van der Waals surface area contributed by atoms with Crippen molar-refractivity contribution in [3.63, 3.8) is 0 Å². The third-order valence-corrected chi connectivity index (χ3v) is 12.0. The third kappa shape index (κ3) is 7.62. The summed E-state index contributed by atoms with van der Waals surface area (Å²) in [5.41, 5.74) is 7.62. The minimum atomic E-state index is -0.703. The average molecular weight is 813 g/mol. The number of H-pyrrole nitrogens is 2. The minimum Gasteiger partial charge on any atom is -0.453 e. The predicted octanol–water partition coefficient (Wildman–Crippen LogP) is 8.01. The summed E-state index contributed by atoms with van der Waals surface area (Å²) in [6.07, 6.45) is 1.96. The van der Waals surface area contributed by atoms with E-state index in [-0.39, 0.29) is 35.7 Å². The molecule has 0 spiro atoms. The number of nitrogens with one attached hydrogen (secondary N) is 4. The maximum absolute atomic E-state index is 13.7. The second kappa shape index (κ2) is 16.7. The van der Waals surface area contributed by atoms with Gasteiger partial charge in [-0.3, -0.25) is 9.59 Å². The molecular weight excluding hydrogens is 761 g/mol. The van der Waals surface area contributed by atoms with E-state index in [2.05, 4.69) is 81.3 Å². The Morgan fingerprint density at radius 3 is 1.43 bits per heavy atom. The van der Waals surface area contributed by atoms with Crippen LogP contribution in [0.1, 0.15) is 77.1 Å². The van der Waals surface area contributed by atoms with Crippen molar-refractivity contribution in [3.8, 4) is 22.3 Å². The van der Waals surface area contributed by atoms with Crippen molar-refractivity contribution in [2.24, 2.45) is 11.8 Å². The van der Waals surface area contributed by atoms with Gasteiger partial charge in [-0.15, -0.1) is 0 Å². The first-order valence-electron chi connectivity index (χ1n) is 20.8. The van der Waals surface area contributed by atoms with Crippen molar-refractivity contribution in [3.05, 3.63) is 84.4 Å². The number of amides is 4.